The van der Waals surface area contributed by atoms with Crippen molar-refractivity contribution in [2.75, 3.05) is 0 Å². The Kier molecular flexibility index (Phi) is 10.6. The molecule has 201 valence electrons. The van der Waals surface area contributed by atoms with Gasteiger partial charge in [-0.2, -0.15) is 0 Å². The Morgan fingerprint density at radius 3 is 2.21 bits per heavy atom. The van der Waals surface area contributed by atoms with Crippen molar-refractivity contribution in [2.24, 2.45) is 0 Å². The van der Waals surface area contributed by atoms with Crippen molar-refractivity contribution in [3.63, 3.8) is 0 Å². The average molecular weight is 634 g/mol. The number of fused-ring (bicyclic) bond motifs is 3. The van der Waals surface area contributed by atoms with Crippen LogP contribution in [0.25, 0.3) is 27.1 Å². The quantitative estimate of drug-likeness (QED) is 0.232. The molecule has 39 heavy (non-hydrogen) atoms. The van der Waals surface area contributed by atoms with Gasteiger partial charge in [-0.1, -0.05) is 135 Å². The summed E-state index contributed by atoms with van der Waals surface area (Å²) >= 11 is 0. The van der Waals surface area contributed by atoms with Gasteiger partial charge in [0.05, 0.1) is 0 Å². The summed E-state index contributed by atoms with van der Waals surface area (Å²) in [6.45, 7) is 18.2. The van der Waals surface area contributed by atoms with E-state index in [1.807, 2.05) is 0 Å². The number of rotatable bonds is 4. The van der Waals surface area contributed by atoms with Crippen molar-refractivity contribution < 1.29 is 51.0 Å². The van der Waals surface area contributed by atoms with E-state index in [0.29, 0.717) is 0 Å². The molecule has 1 radical (unpaired) electrons. The van der Waals surface area contributed by atoms with Gasteiger partial charge in [-0.3, -0.25) is 0 Å². The van der Waals surface area contributed by atoms with Crippen LogP contribution < -0.4 is 24.8 Å². The van der Waals surface area contributed by atoms with Gasteiger partial charge in [0.2, 0.25) is 0 Å². The maximum Gasteiger partial charge on any atom is 3.00 e. The van der Waals surface area contributed by atoms with Crippen LogP contribution in [0.2, 0.25) is 0 Å². The summed E-state index contributed by atoms with van der Waals surface area (Å²) in [5.74, 6) is 0.253. The molecule has 4 aromatic rings. The van der Waals surface area contributed by atoms with E-state index < -0.39 is 0 Å². The molecular formula is C36H39Cl2Zr. The normalized spacial score (nSPS) is 14.9. The fraction of sp³-hybridized carbons (Fsp3) is 0.306. The summed E-state index contributed by atoms with van der Waals surface area (Å²) < 4.78 is 0. The molecule has 0 nitrogen and oxygen atoms in total. The van der Waals surface area contributed by atoms with Gasteiger partial charge >= 0.3 is 26.2 Å². The Morgan fingerprint density at radius 2 is 1.56 bits per heavy atom. The number of allylic oxidation sites excluding steroid dienone is 6. The number of halogens is 2. The van der Waals surface area contributed by atoms with Crippen molar-refractivity contribution in [2.45, 2.75) is 72.1 Å². The monoisotopic (exact) mass is 631 g/mol. The van der Waals surface area contributed by atoms with Crippen molar-refractivity contribution in [3.05, 3.63) is 118 Å². The van der Waals surface area contributed by atoms with Gasteiger partial charge in [-0.25, -0.2) is 0 Å². The molecule has 0 N–H and O–H groups in total. The third kappa shape index (κ3) is 6.43. The van der Waals surface area contributed by atoms with Crippen LogP contribution in [-0.2, 0) is 37.0 Å². The topological polar surface area (TPSA) is 0 Å². The molecule has 0 bridgehead atoms. The summed E-state index contributed by atoms with van der Waals surface area (Å²) in [5, 5.41) is 5.45. The van der Waals surface area contributed by atoms with E-state index in [0.717, 1.165) is 0 Å². The van der Waals surface area contributed by atoms with Crippen molar-refractivity contribution >= 4 is 27.1 Å². The zero-order valence-corrected chi connectivity index (χ0v) is 28.4. The van der Waals surface area contributed by atoms with Gasteiger partial charge in [0.15, 0.2) is 0 Å². The molecule has 0 saturated heterocycles. The minimum absolute atomic E-state index is 0. The molecule has 1 unspecified atom stereocenters. The second-order valence-corrected chi connectivity index (χ2v) is 12.5. The minimum atomic E-state index is 0. The van der Waals surface area contributed by atoms with Crippen LogP contribution in [0.15, 0.2) is 90.5 Å². The smallest absolute Gasteiger partial charge is 1.00 e. The third-order valence-corrected chi connectivity index (χ3v) is 7.71. The standard InChI is InChI=1S/C36H39.2ClH.Zr/c1-23(2)22-36(7,8)27-15-16-29-26(20-27)21-32-30(29)17-18-33(35(4,5)6)34(32)31-14-10-13-28(31)25-12-9-11-24(3)19-25;;;/h9-22,31H,1-8H3;2*1H;/q-1;;;+3/p-2. The van der Waals surface area contributed by atoms with Crippen LogP contribution in [0.3, 0.4) is 0 Å². The van der Waals surface area contributed by atoms with Gasteiger partial charge in [-0.15, -0.1) is 33.7 Å². The Hall–Kier alpha value is -1.79. The van der Waals surface area contributed by atoms with Gasteiger partial charge in [0.25, 0.3) is 0 Å². The van der Waals surface area contributed by atoms with Gasteiger partial charge in [0, 0.05) is 11.3 Å². The van der Waals surface area contributed by atoms with E-state index in [1.165, 1.54) is 60.5 Å². The second kappa shape index (κ2) is 12.4. The fourth-order valence-electron chi connectivity index (χ4n) is 6.13. The first-order chi connectivity index (χ1) is 17.0. The molecule has 0 fully saturated rings. The molecule has 0 aliphatic heterocycles. The molecule has 0 aromatic heterocycles. The molecule has 0 amide bonds. The molecule has 3 heteroatoms. The molecule has 1 aliphatic carbocycles. The maximum atomic E-state index is 2.46. The molecule has 1 aliphatic rings. The van der Waals surface area contributed by atoms with E-state index in [9.17, 15) is 0 Å². The van der Waals surface area contributed by atoms with Gasteiger partial charge < -0.3 is 24.8 Å². The zero-order valence-electron chi connectivity index (χ0n) is 24.4. The first-order valence-electron chi connectivity index (χ1n) is 13.2. The van der Waals surface area contributed by atoms with Crippen LogP contribution >= 0.6 is 0 Å². The maximum absolute atomic E-state index is 2.46. The SMILES string of the molecule is CC(C)=CC(C)(C)c1ccc2c(c1)[cH-]c1c(C3C=CC=C3c3cccc(C)c3)c(C(C)(C)C)ccc12.[Cl-].[Cl-].[Zr+3]. The molecule has 4 aromatic carbocycles. The van der Waals surface area contributed by atoms with E-state index >= 15 is 0 Å². The van der Waals surface area contributed by atoms with Crippen LogP contribution in [0.5, 0.6) is 0 Å². The molecule has 0 saturated carbocycles. The van der Waals surface area contributed by atoms with Crippen LogP contribution in [0, 0.1) is 6.92 Å². The second-order valence-electron chi connectivity index (χ2n) is 12.5. The molecular weight excluding hydrogens is 595 g/mol. The van der Waals surface area contributed by atoms with Crippen molar-refractivity contribution in [1.82, 2.24) is 0 Å². The summed E-state index contributed by atoms with van der Waals surface area (Å²) in [6.07, 6.45) is 9.33. The number of benzene rings is 3. The molecule has 0 spiro atoms. The summed E-state index contributed by atoms with van der Waals surface area (Å²) in [6, 6.07) is 23.2. The molecule has 5 rings (SSSR count). The Morgan fingerprint density at radius 1 is 0.872 bits per heavy atom. The van der Waals surface area contributed by atoms with Gasteiger partial charge in [0.1, 0.15) is 0 Å². The third-order valence-electron chi connectivity index (χ3n) is 7.71. The zero-order chi connectivity index (χ0) is 25.8. The summed E-state index contributed by atoms with van der Waals surface area (Å²) in [5.41, 5.74) is 9.70. The van der Waals surface area contributed by atoms with Crippen LogP contribution in [0.4, 0.5) is 0 Å². The predicted molar refractivity (Wildman–Crippen MR) is 159 cm³/mol. The van der Waals surface area contributed by atoms with E-state index in [-0.39, 0.29) is 67.8 Å². The first-order valence-corrected chi connectivity index (χ1v) is 13.2. The van der Waals surface area contributed by atoms with Crippen molar-refractivity contribution in [1.29, 1.82) is 0 Å². The fourth-order valence-corrected chi connectivity index (χ4v) is 6.13. The minimum Gasteiger partial charge on any atom is -1.00 e. The van der Waals surface area contributed by atoms with Gasteiger partial charge in [-0.05, 0) is 37.3 Å². The number of aryl methyl sites for hydroxylation is 1. The summed E-state index contributed by atoms with van der Waals surface area (Å²) in [4.78, 5) is 0. The Bertz CT molecular complexity index is 1570. The van der Waals surface area contributed by atoms with E-state index in [1.54, 1.807) is 0 Å². The van der Waals surface area contributed by atoms with Crippen molar-refractivity contribution in [3.8, 4) is 0 Å². The predicted octanol–water partition coefficient (Wildman–Crippen LogP) is 4.30. The largest absolute Gasteiger partial charge is 3.00 e. The average Bonchev–Trinajstić information content (AvgIpc) is 3.41. The number of hydrogen-bond acceptors (Lipinski definition) is 0. The molecule has 1 atom stereocenters. The number of hydrogen-bond donors (Lipinski definition) is 0. The summed E-state index contributed by atoms with van der Waals surface area (Å²) in [7, 11) is 0. The molecule has 0 heterocycles. The van der Waals surface area contributed by atoms with E-state index in [4.69, 9.17) is 0 Å². The first kappa shape index (κ1) is 33.4. The van der Waals surface area contributed by atoms with E-state index in [2.05, 4.69) is 140 Å². The Balaban J connectivity index is 0.00000178. The van der Waals surface area contributed by atoms with Crippen LogP contribution in [-0.4, -0.2) is 0 Å². The Labute approximate surface area is 267 Å². The van der Waals surface area contributed by atoms with Crippen LogP contribution in [0.1, 0.15) is 82.2 Å².